The van der Waals surface area contributed by atoms with Crippen molar-refractivity contribution < 1.29 is 19.1 Å². The first-order valence-electron chi connectivity index (χ1n) is 8.31. The fourth-order valence-electron chi connectivity index (χ4n) is 2.58. The molecule has 0 aromatic rings. The maximum absolute atomic E-state index is 12.3. The minimum absolute atomic E-state index is 0.0599. The van der Waals surface area contributed by atoms with Crippen molar-refractivity contribution in [2.75, 3.05) is 13.1 Å². The Morgan fingerprint density at radius 3 is 2.25 bits per heavy atom. The van der Waals surface area contributed by atoms with Crippen molar-refractivity contribution >= 4 is 12.2 Å². The average molecular weight is 338 g/mol. The lowest BCUT2D eigenvalue weighted by Gasteiger charge is -2.27. The van der Waals surface area contributed by atoms with Crippen LogP contribution < -0.4 is 5.32 Å². The Hall–Kier alpha value is -1.90. The highest BCUT2D eigenvalue weighted by Gasteiger charge is 2.37. The topological polar surface area (TPSA) is 67.9 Å². The van der Waals surface area contributed by atoms with Gasteiger partial charge in [0.05, 0.1) is 0 Å². The van der Waals surface area contributed by atoms with Crippen LogP contribution in [0.3, 0.4) is 0 Å². The largest absolute Gasteiger partial charge is 0.444 e. The van der Waals surface area contributed by atoms with E-state index in [1.807, 2.05) is 41.5 Å². The molecule has 6 nitrogen and oxygen atoms in total. The number of hydrogen-bond donors (Lipinski definition) is 1. The Bertz CT molecular complexity index is 497. The predicted octanol–water partition coefficient (Wildman–Crippen LogP) is 3.16. The third kappa shape index (κ3) is 7.12. The summed E-state index contributed by atoms with van der Waals surface area (Å²) in [7, 11) is 0. The first-order valence-corrected chi connectivity index (χ1v) is 8.31. The molecular formula is C18H30N2O4. The van der Waals surface area contributed by atoms with Crippen LogP contribution in [0.1, 0.15) is 54.4 Å². The van der Waals surface area contributed by atoms with E-state index in [4.69, 9.17) is 15.9 Å². The van der Waals surface area contributed by atoms with Gasteiger partial charge in [-0.1, -0.05) is 0 Å². The van der Waals surface area contributed by atoms with Gasteiger partial charge in [-0.2, -0.15) is 0 Å². The molecule has 1 heterocycles. The summed E-state index contributed by atoms with van der Waals surface area (Å²) in [6, 6.07) is -0.0599. The molecule has 0 spiro atoms. The smallest absolute Gasteiger partial charge is 0.410 e. The summed E-state index contributed by atoms with van der Waals surface area (Å²) in [5.41, 5.74) is -1.08. The molecule has 136 valence electrons. The fraction of sp³-hybridized carbons (Fsp3) is 0.778. The molecule has 1 saturated heterocycles. The number of nitrogens with zero attached hydrogens (tertiary/aromatic N) is 1. The number of likely N-dealkylation sites (tertiary alicyclic amines) is 1. The monoisotopic (exact) mass is 338 g/mol. The molecule has 2 atom stereocenters. The number of alkyl carbamates (subject to hydrolysis) is 1. The summed E-state index contributed by atoms with van der Waals surface area (Å²) in [6.45, 7) is 11.9. The van der Waals surface area contributed by atoms with Crippen LogP contribution in [0.15, 0.2) is 0 Å². The van der Waals surface area contributed by atoms with Crippen molar-refractivity contribution in [3.8, 4) is 12.3 Å². The third-order valence-electron chi connectivity index (χ3n) is 3.42. The van der Waals surface area contributed by atoms with Gasteiger partial charge in [-0.15, -0.1) is 12.3 Å². The van der Waals surface area contributed by atoms with E-state index in [0.717, 1.165) is 6.42 Å². The highest BCUT2D eigenvalue weighted by molar-refractivity contribution is 5.69. The summed E-state index contributed by atoms with van der Waals surface area (Å²) in [4.78, 5) is 25.8. The van der Waals surface area contributed by atoms with Gasteiger partial charge in [0, 0.05) is 25.6 Å². The fourth-order valence-corrected chi connectivity index (χ4v) is 2.58. The minimum Gasteiger partial charge on any atom is -0.444 e. The predicted molar refractivity (Wildman–Crippen MR) is 92.5 cm³/mol. The molecule has 1 rings (SSSR count). The lowest BCUT2D eigenvalue weighted by Crippen LogP contribution is -2.40. The normalized spacial score (nSPS) is 21.1. The van der Waals surface area contributed by atoms with Crippen LogP contribution in [0.2, 0.25) is 0 Å². The quantitative estimate of drug-likeness (QED) is 0.803. The Morgan fingerprint density at radius 2 is 1.75 bits per heavy atom. The molecule has 2 amide bonds. The molecule has 0 aliphatic carbocycles. The number of amides is 2. The second-order valence-electron chi connectivity index (χ2n) is 8.18. The van der Waals surface area contributed by atoms with E-state index >= 15 is 0 Å². The number of ether oxygens (including phenoxy) is 2. The number of nitrogens with one attached hydrogen (secondary N) is 1. The van der Waals surface area contributed by atoms with Crippen LogP contribution in [0.4, 0.5) is 9.59 Å². The molecular weight excluding hydrogens is 308 g/mol. The van der Waals surface area contributed by atoms with Crippen molar-refractivity contribution in [3.05, 3.63) is 0 Å². The molecule has 6 heteroatoms. The Balaban J connectivity index is 2.59. The third-order valence-corrected chi connectivity index (χ3v) is 3.42. The van der Waals surface area contributed by atoms with Gasteiger partial charge in [-0.25, -0.2) is 9.59 Å². The maximum atomic E-state index is 12.3. The standard InChI is InChI=1S/C18H30N2O4/c1-8-9-14-10-13(11-19-15(21)23-17(2,3)4)12-20(14)16(22)24-18(5,6)7/h1,13-14H,9-12H2,2-7H3,(H,19,21)/t13-,14+/m1/s1. The molecule has 1 fully saturated rings. The first kappa shape index (κ1) is 20.1. The van der Waals surface area contributed by atoms with Gasteiger partial charge in [0.2, 0.25) is 0 Å². The highest BCUT2D eigenvalue weighted by atomic mass is 16.6. The molecule has 0 radical (unpaired) electrons. The number of terminal acetylenes is 1. The van der Waals surface area contributed by atoms with E-state index in [-0.39, 0.29) is 18.1 Å². The molecule has 0 bridgehead atoms. The van der Waals surface area contributed by atoms with Gasteiger partial charge in [0.15, 0.2) is 0 Å². The molecule has 0 unspecified atom stereocenters. The minimum atomic E-state index is -0.551. The van der Waals surface area contributed by atoms with E-state index < -0.39 is 17.3 Å². The van der Waals surface area contributed by atoms with Crippen molar-refractivity contribution in [1.29, 1.82) is 0 Å². The van der Waals surface area contributed by atoms with Gasteiger partial charge in [0.1, 0.15) is 11.2 Å². The summed E-state index contributed by atoms with van der Waals surface area (Å²) < 4.78 is 10.7. The van der Waals surface area contributed by atoms with Crippen LogP contribution in [0.5, 0.6) is 0 Å². The van der Waals surface area contributed by atoms with Gasteiger partial charge >= 0.3 is 12.2 Å². The highest BCUT2D eigenvalue weighted by Crippen LogP contribution is 2.27. The molecule has 24 heavy (non-hydrogen) atoms. The Labute approximate surface area is 145 Å². The first-order chi connectivity index (χ1) is 10.9. The van der Waals surface area contributed by atoms with E-state index in [1.54, 1.807) is 4.90 Å². The van der Waals surface area contributed by atoms with Crippen LogP contribution in [0.25, 0.3) is 0 Å². The average Bonchev–Trinajstić information content (AvgIpc) is 2.76. The Kier molecular flexibility index (Phi) is 6.53. The Morgan fingerprint density at radius 1 is 1.17 bits per heavy atom. The molecule has 1 aliphatic heterocycles. The SMILES string of the molecule is C#CC[C@H]1C[C@H](CNC(=O)OC(C)(C)C)CN1C(=O)OC(C)(C)C. The van der Waals surface area contributed by atoms with Crippen molar-refractivity contribution in [2.24, 2.45) is 5.92 Å². The molecule has 0 aromatic heterocycles. The van der Waals surface area contributed by atoms with E-state index in [0.29, 0.717) is 19.5 Å². The molecule has 0 aromatic carbocycles. The molecule has 0 saturated carbocycles. The lowest BCUT2D eigenvalue weighted by molar-refractivity contribution is 0.0225. The summed E-state index contributed by atoms with van der Waals surface area (Å²) >= 11 is 0. The van der Waals surface area contributed by atoms with E-state index in [2.05, 4.69) is 11.2 Å². The zero-order valence-corrected chi connectivity index (χ0v) is 15.6. The summed E-state index contributed by atoms with van der Waals surface area (Å²) in [5, 5.41) is 2.76. The van der Waals surface area contributed by atoms with Gasteiger partial charge in [0.25, 0.3) is 0 Å². The second kappa shape index (κ2) is 7.78. The van der Waals surface area contributed by atoms with Crippen molar-refractivity contribution in [3.63, 3.8) is 0 Å². The maximum Gasteiger partial charge on any atom is 0.410 e. The molecule has 1 N–H and O–H groups in total. The van der Waals surface area contributed by atoms with Crippen molar-refractivity contribution in [1.82, 2.24) is 10.2 Å². The van der Waals surface area contributed by atoms with E-state index in [1.165, 1.54) is 0 Å². The van der Waals surface area contributed by atoms with Crippen LogP contribution in [-0.4, -0.2) is 47.4 Å². The van der Waals surface area contributed by atoms with Gasteiger partial charge < -0.3 is 19.7 Å². The van der Waals surface area contributed by atoms with Crippen molar-refractivity contribution in [2.45, 2.75) is 71.6 Å². The van der Waals surface area contributed by atoms with Gasteiger partial charge in [-0.05, 0) is 53.9 Å². The lowest BCUT2D eigenvalue weighted by atomic mass is 10.0. The number of rotatable bonds is 3. The number of carbonyl (C=O) groups is 2. The number of carbonyl (C=O) groups excluding carboxylic acids is 2. The van der Waals surface area contributed by atoms with Gasteiger partial charge in [-0.3, -0.25) is 0 Å². The van der Waals surface area contributed by atoms with Crippen LogP contribution in [0, 0.1) is 18.3 Å². The zero-order chi connectivity index (χ0) is 18.5. The van der Waals surface area contributed by atoms with Crippen LogP contribution >= 0.6 is 0 Å². The van der Waals surface area contributed by atoms with Crippen LogP contribution in [-0.2, 0) is 9.47 Å². The van der Waals surface area contributed by atoms with E-state index in [9.17, 15) is 9.59 Å². The zero-order valence-electron chi connectivity index (χ0n) is 15.6. The second-order valence-corrected chi connectivity index (χ2v) is 8.18. The number of hydrogen-bond acceptors (Lipinski definition) is 4. The summed E-state index contributed by atoms with van der Waals surface area (Å²) in [6.07, 6.45) is 5.82. The molecule has 1 aliphatic rings. The summed E-state index contributed by atoms with van der Waals surface area (Å²) in [5.74, 6) is 2.74.